The van der Waals surface area contributed by atoms with Crippen LogP contribution in [0, 0.1) is 5.82 Å². The number of nitrogens with zero attached hydrogens (tertiary/aromatic N) is 2. The first-order valence-electron chi connectivity index (χ1n) is 5.44. The quantitative estimate of drug-likeness (QED) is 0.880. The predicted molar refractivity (Wildman–Crippen MR) is 65.3 cm³/mol. The molecule has 0 aliphatic carbocycles. The van der Waals surface area contributed by atoms with Gasteiger partial charge in [-0.3, -0.25) is 10.1 Å². The molecule has 0 saturated heterocycles. The van der Waals surface area contributed by atoms with Gasteiger partial charge >= 0.3 is 12.1 Å². The topological polar surface area (TPSA) is 64.1 Å². The molecule has 2 rings (SSSR count). The van der Waals surface area contributed by atoms with E-state index in [0.717, 1.165) is 0 Å². The molecule has 0 aliphatic rings. The highest BCUT2D eigenvalue weighted by atomic mass is 32.1. The molecule has 10 heteroatoms. The van der Waals surface area contributed by atoms with Gasteiger partial charge < -0.3 is 4.74 Å². The van der Waals surface area contributed by atoms with Crippen LogP contribution in [0.1, 0.15) is 5.01 Å². The Kier molecular flexibility index (Phi) is 4.36. The molecule has 0 saturated carbocycles. The lowest BCUT2D eigenvalue weighted by atomic mass is 10.3. The number of para-hydroxylation sites is 1. The van der Waals surface area contributed by atoms with Crippen LogP contribution in [0.15, 0.2) is 24.3 Å². The van der Waals surface area contributed by atoms with E-state index in [1.54, 1.807) is 11.4 Å². The molecule has 21 heavy (non-hydrogen) atoms. The Morgan fingerprint density at radius 1 is 1.29 bits per heavy atom. The van der Waals surface area contributed by atoms with Crippen molar-refractivity contribution in [2.75, 3.05) is 5.32 Å². The summed E-state index contributed by atoms with van der Waals surface area (Å²) in [5.41, 5.74) is 0. The van der Waals surface area contributed by atoms with Crippen LogP contribution in [0.3, 0.4) is 0 Å². The molecule has 5 nitrogen and oxygen atoms in total. The third-order valence-electron chi connectivity index (χ3n) is 2.13. The van der Waals surface area contributed by atoms with Crippen LogP contribution in [-0.4, -0.2) is 22.3 Å². The first-order valence-corrected chi connectivity index (χ1v) is 6.26. The lowest BCUT2D eigenvalue weighted by molar-refractivity contribution is -0.167. The van der Waals surface area contributed by atoms with E-state index < -0.39 is 17.9 Å². The number of amides is 1. The van der Waals surface area contributed by atoms with Crippen molar-refractivity contribution < 1.29 is 27.1 Å². The number of carbonyl (C=O) groups excluding carboxylic acids is 1. The number of rotatable bonds is 4. The van der Waals surface area contributed by atoms with Crippen molar-refractivity contribution in [1.82, 2.24) is 10.2 Å². The third-order valence-corrected chi connectivity index (χ3v) is 2.94. The van der Waals surface area contributed by atoms with Gasteiger partial charge in [-0.25, -0.2) is 4.39 Å². The molecular weight excluding hydrogens is 314 g/mol. The summed E-state index contributed by atoms with van der Waals surface area (Å²) in [5, 5.41) is 8.34. The molecule has 0 unspecified atom stereocenters. The number of hydrogen-bond acceptors (Lipinski definition) is 5. The highest BCUT2D eigenvalue weighted by Gasteiger charge is 2.39. The van der Waals surface area contributed by atoms with Crippen molar-refractivity contribution in [2.24, 2.45) is 0 Å². The van der Waals surface area contributed by atoms with Gasteiger partial charge in [0.2, 0.25) is 5.13 Å². The van der Waals surface area contributed by atoms with Crippen LogP contribution >= 0.6 is 11.3 Å². The van der Waals surface area contributed by atoms with Crippen LogP contribution < -0.4 is 10.1 Å². The summed E-state index contributed by atoms with van der Waals surface area (Å²) in [7, 11) is 0. The molecule has 112 valence electrons. The summed E-state index contributed by atoms with van der Waals surface area (Å²) in [4.78, 5) is 10.7. The zero-order chi connectivity index (χ0) is 15.5. The number of ether oxygens (including phenoxy) is 1. The van der Waals surface area contributed by atoms with Gasteiger partial charge in [-0.1, -0.05) is 23.5 Å². The summed E-state index contributed by atoms with van der Waals surface area (Å²) >= 11 is 0.701. The number of benzene rings is 1. The minimum absolute atomic E-state index is 0.0198. The molecule has 1 aromatic carbocycles. The number of halogens is 4. The molecule has 2 aromatic rings. The minimum atomic E-state index is -5.00. The van der Waals surface area contributed by atoms with E-state index in [2.05, 4.69) is 10.2 Å². The largest absolute Gasteiger partial charge is 0.483 e. The van der Waals surface area contributed by atoms with Crippen molar-refractivity contribution in [3.05, 3.63) is 35.1 Å². The molecule has 0 fully saturated rings. The van der Waals surface area contributed by atoms with Crippen LogP contribution in [0.25, 0.3) is 0 Å². The van der Waals surface area contributed by atoms with Gasteiger partial charge in [0, 0.05) is 0 Å². The number of hydrogen-bond donors (Lipinski definition) is 1. The van der Waals surface area contributed by atoms with E-state index in [9.17, 15) is 22.4 Å². The number of carbonyl (C=O) groups is 1. The Morgan fingerprint density at radius 2 is 2.00 bits per heavy atom. The standard InChI is InChI=1S/C11H7F4N3O2S/c12-6-3-1-2-4-7(6)20-5-8-17-18-10(21-8)16-9(19)11(13,14)15/h1-4H,5H2,(H,16,18,19). The second-order valence-electron chi connectivity index (χ2n) is 3.67. The van der Waals surface area contributed by atoms with Gasteiger partial charge in [0.15, 0.2) is 16.6 Å². The van der Waals surface area contributed by atoms with E-state index in [0.29, 0.717) is 11.3 Å². The Bertz CT molecular complexity index is 644. The van der Waals surface area contributed by atoms with Gasteiger partial charge in [-0.2, -0.15) is 13.2 Å². The fourth-order valence-electron chi connectivity index (χ4n) is 1.23. The van der Waals surface area contributed by atoms with E-state index in [1.807, 2.05) is 0 Å². The van der Waals surface area contributed by atoms with Crippen LogP contribution in [0.4, 0.5) is 22.7 Å². The molecule has 0 aliphatic heterocycles. The van der Waals surface area contributed by atoms with E-state index in [1.165, 1.54) is 18.2 Å². The lowest BCUT2D eigenvalue weighted by Crippen LogP contribution is -2.29. The highest BCUT2D eigenvalue weighted by molar-refractivity contribution is 7.15. The maximum absolute atomic E-state index is 13.3. The van der Waals surface area contributed by atoms with E-state index in [-0.39, 0.29) is 22.5 Å². The van der Waals surface area contributed by atoms with Gasteiger partial charge in [-0.05, 0) is 12.1 Å². The fraction of sp³-hybridized carbons (Fsp3) is 0.182. The minimum Gasteiger partial charge on any atom is -0.483 e. The summed E-state index contributed by atoms with van der Waals surface area (Å²) in [6.07, 6.45) is -5.00. The SMILES string of the molecule is O=C(Nc1nnc(COc2ccccc2F)s1)C(F)(F)F. The Morgan fingerprint density at radius 3 is 2.67 bits per heavy atom. The van der Waals surface area contributed by atoms with Gasteiger partial charge in [0.05, 0.1) is 0 Å². The molecule has 1 heterocycles. The van der Waals surface area contributed by atoms with Crippen molar-refractivity contribution >= 4 is 22.4 Å². The second kappa shape index (κ2) is 6.04. The zero-order valence-corrected chi connectivity index (χ0v) is 11.0. The van der Waals surface area contributed by atoms with Crippen molar-refractivity contribution in [3.8, 4) is 5.75 Å². The first-order chi connectivity index (χ1) is 9.86. The molecule has 0 spiro atoms. The highest BCUT2D eigenvalue weighted by Crippen LogP contribution is 2.22. The maximum atomic E-state index is 13.3. The monoisotopic (exact) mass is 321 g/mol. The molecule has 0 radical (unpaired) electrons. The van der Waals surface area contributed by atoms with Crippen molar-refractivity contribution in [2.45, 2.75) is 12.8 Å². The predicted octanol–water partition coefficient (Wildman–Crippen LogP) is 2.76. The van der Waals surface area contributed by atoms with Crippen LogP contribution in [0.2, 0.25) is 0 Å². The molecule has 0 bridgehead atoms. The average Bonchev–Trinajstić information content (AvgIpc) is 2.84. The number of nitrogens with one attached hydrogen (secondary N) is 1. The lowest BCUT2D eigenvalue weighted by Gasteiger charge is -2.04. The summed E-state index contributed by atoms with van der Waals surface area (Å²) in [6, 6.07) is 5.64. The number of anilines is 1. The summed E-state index contributed by atoms with van der Waals surface area (Å²) in [6.45, 7) is -0.180. The summed E-state index contributed by atoms with van der Waals surface area (Å²) in [5.74, 6) is -2.73. The average molecular weight is 321 g/mol. The normalized spacial score (nSPS) is 11.2. The fourth-order valence-corrected chi connectivity index (χ4v) is 1.88. The van der Waals surface area contributed by atoms with Gasteiger partial charge in [0.25, 0.3) is 0 Å². The molecule has 0 atom stereocenters. The Balaban J connectivity index is 1.95. The maximum Gasteiger partial charge on any atom is 0.471 e. The van der Waals surface area contributed by atoms with Crippen molar-refractivity contribution in [3.63, 3.8) is 0 Å². The molecule has 1 N–H and O–H groups in total. The Hall–Kier alpha value is -2.23. The van der Waals surface area contributed by atoms with Gasteiger partial charge in [-0.15, -0.1) is 10.2 Å². The van der Waals surface area contributed by atoms with Crippen LogP contribution in [0.5, 0.6) is 5.75 Å². The molecule has 1 amide bonds. The second-order valence-corrected chi connectivity index (χ2v) is 4.73. The smallest absolute Gasteiger partial charge is 0.471 e. The van der Waals surface area contributed by atoms with Crippen LogP contribution in [-0.2, 0) is 11.4 Å². The molecular formula is C11H7F4N3O2S. The van der Waals surface area contributed by atoms with E-state index >= 15 is 0 Å². The number of alkyl halides is 3. The van der Waals surface area contributed by atoms with E-state index in [4.69, 9.17) is 4.74 Å². The van der Waals surface area contributed by atoms with Crippen molar-refractivity contribution in [1.29, 1.82) is 0 Å². The Labute approximate surface area is 119 Å². The molecule has 1 aromatic heterocycles. The first kappa shape index (κ1) is 15.2. The zero-order valence-electron chi connectivity index (χ0n) is 10.1. The van der Waals surface area contributed by atoms with Gasteiger partial charge in [0.1, 0.15) is 6.61 Å². The number of aromatic nitrogens is 2. The summed E-state index contributed by atoms with van der Waals surface area (Å²) < 4.78 is 54.5. The third kappa shape index (κ3) is 4.12.